The normalized spacial score (nSPS) is 10.4. The van der Waals surface area contributed by atoms with Gasteiger partial charge in [0, 0.05) is 59.7 Å². The third kappa shape index (κ3) is 13.0. The maximum absolute atomic E-state index is 11.2. The van der Waals surface area contributed by atoms with Gasteiger partial charge in [0.1, 0.15) is 11.5 Å². The number of phenols is 2. The maximum Gasteiger partial charge on any atom is 2.00 e. The van der Waals surface area contributed by atoms with Crippen molar-refractivity contribution >= 4 is 24.4 Å². The standard InChI is InChI=1S/C41H34N2O2.2C2H4O2.Co/c44-40-36(24-34(30-14-5-1-6-15-30)26-38(40)32-18-9-3-10-19-32)28-42-22-13-23-43-29-37-25-35(31-16-7-2-8-17-31)27-39(41(37)45)33-20-11-4-12-21-33;2*1-2(3)4;/h1-12,14-21,24-29,44-45H,13,22-23H2;2*1H3,(H,3,4);/q;;;+2/p-2. The second-order valence-electron chi connectivity index (χ2n) is 11.8. The van der Waals surface area contributed by atoms with E-state index < -0.39 is 11.9 Å². The van der Waals surface area contributed by atoms with E-state index in [2.05, 4.69) is 34.3 Å². The quantitative estimate of drug-likeness (QED) is 0.112. The largest absolute Gasteiger partial charge is 2.00 e. The molecule has 0 aliphatic rings. The Bertz CT molecular complexity index is 1980. The molecule has 0 heterocycles. The Morgan fingerprint density at radius 2 is 0.778 bits per heavy atom. The van der Waals surface area contributed by atoms with Crippen LogP contribution < -0.4 is 10.2 Å². The number of rotatable bonds is 10. The SMILES string of the molecule is CC(=O)[O-].CC(=O)[O-].Oc1c(C=NCCCN=Cc2cc(-c3ccccc3)cc(-c3ccccc3)c2O)cc(-c2ccccc2)cc1-c1ccccc1.[Co+2]. The van der Waals surface area contributed by atoms with Crippen LogP contribution in [0.25, 0.3) is 44.5 Å². The number of hydrogen-bond acceptors (Lipinski definition) is 8. The predicted octanol–water partition coefficient (Wildman–Crippen LogP) is 7.20. The van der Waals surface area contributed by atoms with E-state index >= 15 is 0 Å². The summed E-state index contributed by atoms with van der Waals surface area (Å²) >= 11 is 0. The van der Waals surface area contributed by atoms with Gasteiger partial charge in [-0.1, -0.05) is 121 Å². The number of aromatic hydroxyl groups is 2. The van der Waals surface area contributed by atoms with Crippen LogP contribution in [0, 0.1) is 0 Å². The molecule has 0 saturated heterocycles. The second kappa shape index (κ2) is 21.9. The van der Waals surface area contributed by atoms with Crippen molar-refractivity contribution in [3.63, 3.8) is 0 Å². The summed E-state index contributed by atoms with van der Waals surface area (Å²) in [6.45, 7) is 3.05. The molecule has 1 radical (unpaired) electrons. The molecular weight excluding hydrogens is 723 g/mol. The molecular formula is C45H40CoN2O6. The van der Waals surface area contributed by atoms with Crippen LogP contribution in [0.3, 0.4) is 0 Å². The van der Waals surface area contributed by atoms with E-state index in [9.17, 15) is 10.2 Å². The van der Waals surface area contributed by atoms with Gasteiger partial charge in [-0.2, -0.15) is 0 Å². The summed E-state index contributed by atoms with van der Waals surface area (Å²) in [5, 5.41) is 40.1. The molecule has 0 aliphatic carbocycles. The number of nitrogens with zero attached hydrogens (tertiary/aromatic N) is 2. The Labute approximate surface area is 326 Å². The van der Waals surface area contributed by atoms with Crippen LogP contribution >= 0.6 is 0 Å². The third-order valence-corrected chi connectivity index (χ3v) is 7.70. The molecule has 0 unspecified atom stereocenters. The molecule has 8 nitrogen and oxygen atoms in total. The van der Waals surface area contributed by atoms with Crippen LogP contribution in [0.15, 0.2) is 156 Å². The third-order valence-electron chi connectivity index (χ3n) is 7.70. The summed E-state index contributed by atoms with van der Waals surface area (Å²) in [6.07, 6.45) is 4.22. The number of carbonyl (C=O) groups is 2. The molecule has 0 aromatic heterocycles. The van der Waals surface area contributed by atoms with Gasteiger partial charge in [-0.25, -0.2) is 0 Å². The first-order valence-corrected chi connectivity index (χ1v) is 16.9. The van der Waals surface area contributed by atoms with Gasteiger partial charge in [0.05, 0.1) is 0 Å². The molecule has 54 heavy (non-hydrogen) atoms. The second-order valence-corrected chi connectivity index (χ2v) is 11.8. The van der Waals surface area contributed by atoms with Gasteiger partial charge >= 0.3 is 16.8 Å². The van der Waals surface area contributed by atoms with Crippen LogP contribution in [-0.4, -0.2) is 47.7 Å². The zero-order chi connectivity index (χ0) is 38.0. The van der Waals surface area contributed by atoms with Crippen LogP contribution in [0.1, 0.15) is 31.4 Å². The Morgan fingerprint density at radius 1 is 0.500 bits per heavy atom. The summed E-state index contributed by atoms with van der Waals surface area (Å²) in [5.41, 5.74) is 8.99. The molecule has 0 aliphatic heterocycles. The van der Waals surface area contributed by atoms with Crippen molar-refractivity contribution in [2.45, 2.75) is 20.3 Å². The van der Waals surface area contributed by atoms with Crippen LogP contribution in [0.5, 0.6) is 11.5 Å². The molecule has 6 aromatic carbocycles. The van der Waals surface area contributed by atoms with Gasteiger partial charge < -0.3 is 30.0 Å². The minimum absolute atomic E-state index is 0. The number of phenolic OH excluding ortho intramolecular Hbond substituents is 2. The first kappa shape index (κ1) is 42.1. The first-order valence-electron chi connectivity index (χ1n) is 16.9. The number of aliphatic carboxylic acids is 2. The van der Waals surface area contributed by atoms with Crippen LogP contribution in [-0.2, 0) is 26.4 Å². The molecule has 0 saturated carbocycles. The monoisotopic (exact) mass is 763 g/mol. The van der Waals surface area contributed by atoms with Gasteiger partial charge in [-0.3, -0.25) is 9.98 Å². The van der Waals surface area contributed by atoms with Crippen molar-refractivity contribution in [1.29, 1.82) is 0 Å². The zero-order valence-electron chi connectivity index (χ0n) is 29.9. The summed E-state index contributed by atoms with van der Waals surface area (Å²) in [4.78, 5) is 27.0. The summed E-state index contributed by atoms with van der Waals surface area (Å²) in [7, 11) is 0. The van der Waals surface area contributed by atoms with E-state index in [1.54, 1.807) is 12.4 Å². The molecule has 0 fully saturated rings. The minimum atomic E-state index is -1.08. The average Bonchev–Trinajstić information content (AvgIpc) is 3.16. The molecule has 0 amide bonds. The molecule has 275 valence electrons. The Kier molecular flexibility index (Phi) is 17.1. The Morgan fingerprint density at radius 3 is 1.07 bits per heavy atom. The van der Waals surface area contributed by atoms with E-state index in [1.165, 1.54) is 0 Å². The predicted molar refractivity (Wildman–Crippen MR) is 209 cm³/mol. The van der Waals surface area contributed by atoms with Crippen LogP contribution in [0.2, 0.25) is 0 Å². The topological polar surface area (TPSA) is 145 Å². The van der Waals surface area contributed by atoms with E-state index in [4.69, 9.17) is 19.8 Å². The Hall–Kier alpha value is -6.29. The summed E-state index contributed by atoms with van der Waals surface area (Å²) < 4.78 is 0. The summed E-state index contributed by atoms with van der Waals surface area (Å²) in [5.74, 6) is -1.74. The van der Waals surface area contributed by atoms with E-state index in [-0.39, 0.29) is 28.3 Å². The van der Waals surface area contributed by atoms with Gasteiger partial charge in [-0.15, -0.1) is 0 Å². The molecule has 0 spiro atoms. The smallest absolute Gasteiger partial charge is 0.550 e. The van der Waals surface area contributed by atoms with Crippen molar-refractivity contribution in [2.75, 3.05) is 13.1 Å². The van der Waals surface area contributed by atoms with E-state index in [0.717, 1.165) is 64.8 Å². The number of aliphatic imine (C=N–C) groups is 2. The number of benzene rings is 6. The minimum Gasteiger partial charge on any atom is -0.550 e. The fourth-order valence-electron chi connectivity index (χ4n) is 5.36. The van der Waals surface area contributed by atoms with Crippen molar-refractivity contribution in [3.05, 3.63) is 157 Å². The molecule has 6 aromatic rings. The molecule has 6 rings (SSSR count). The Balaban J connectivity index is 0.000000795. The van der Waals surface area contributed by atoms with E-state index in [1.807, 2.05) is 121 Å². The fraction of sp³-hybridized carbons (Fsp3) is 0.111. The summed E-state index contributed by atoms with van der Waals surface area (Å²) in [6, 6.07) is 48.1. The van der Waals surface area contributed by atoms with Gasteiger partial charge in [0.25, 0.3) is 0 Å². The van der Waals surface area contributed by atoms with Gasteiger partial charge in [0.2, 0.25) is 0 Å². The van der Waals surface area contributed by atoms with Crippen molar-refractivity contribution < 1.29 is 46.8 Å². The van der Waals surface area contributed by atoms with Gasteiger partial charge in [-0.05, 0) is 77.9 Å². The van der Waals surface area contributed by atoms with E-state index in [0.29, 0.717) is 24.2 Å². The van der Waals surface area contributed by atoms with Crippen LogP contribution in [0.4, 0.5) is 0 Å². The number of carboxylic acids is 2. The fourth-order valence-corrected chi connectivity index (χ4v) is 5.36. The molecule has 0 atom stereocenters. The van der Waals surface area contributed by atoms with Crippen molar-refractivity contribution in [2.24, 2.45) is 9.98 Å². The molecule has 0 bridgehead atoms. The van der Waals surface area contributed by atoms with Gasteiger partial charge in [0.15, 0.2) is 0 Å². The number of hydrogen-bond donors (Lipinski definition) is 2. The van der Waals surface area contributed by atoms with Crippen molar-refractivity contribution in [3.8, 4) is 56.0 Å². The first-order chi connectivity index (χ1) is 25.6. The zero-order valence-corrected chi connectivity index (χ0v) is 30.9. The molecule has 2 N–H and O–H groups in total. The van der Waals surface area contributed by atoms with Crippen molar-refractivity contribution in [1.82, 2.24) is 0 Å². The number of carbonyl (C=O) groups excluding carboxylic acids is 2. The maximum atomic E-state index is 11.2. The molecule has 9 heteroatoms. The average molecular weight is 764 g/mol. The number of carboxylic acid groups (broad SMARTS) is 2.